The van der Waals surface area contributed by atoms with Gasteiger partial charge in [-0.25, -0.2) is 14.0 Å². The van der Waals surface area contributed by atoms with Gasteiger partial charge in [0.2, 0.25) is 0 Å². The Kier molecular flexibility index (Phi) is 7.69. The molecular formula is C24H22FN2O8-. The third kappa shape index (κ3) is 5.24. The summed E-state index contributed by atoms with van der Waals surface area (Å²) >= 11 is 0. The van der Waals surface area contributed by atoms with E-state index in [1.165, 1.54) is 48.7 Å². The second kappa shape index (κ2) is 10.7. The molecule has 1 heterocycles. The van der Waals surface area contributed by atoms with Crippen molar-refractivity contribution in [2.75, 3.05) is 25.2 Å². The van der Waals surface area contributed by atoms with Gasteiger partial charge in [-0.05, 0) is 43.7 Å². The molecule has 0 saturated carbocycles. The van der Waals surface area contributed by atoms with Gasteiger partial charge >= 0.3 is 11.9 Å². The van der Waals surface area contributed by atoms with E-state index < -0.39 is 40.0 Å². The molecule has 0 spiro atoms. The number of nitro groups is 1. The lowest BCUT2D eigenvalue weighted by molar-refractivity contribution is -0.398. The maximum absolute atomic E-state index is 13.9. The van der Waals surface area contributed by atoms with Gasteiger partial charge in [0, 0.05) is 29.9 Å². The zero-order chi connectivity index (χ0) is 25.7. The number of carbonyl (C=O) groups is 2. The Hall–Kier alpha value is -4.41. The molecule has 0 bridgehead atoms. The van der Waals surface area contributed by atoms with Crippen LogP contribution in [0, 0.1) is 15.9 Å². The largest absolute Gasteiger partial charge is 0.865 e. The first-order chi connectivity index (χ1) is 16.7. The summed E-state index contributed by atoms with van der Waals surface area (Å²) in [5.74, 6) is -4.68. The van der Waals surface area contributed by atoms with Crippen LogP contribution >= 0.6 is 0 Å². The fraction of sp³-hybridized carbons (Fsp3) is 0.250. The van der Waals surface area contributed by atoms with E-state index in [2.05, 4.69) is 0 Å². The number of hydrogen-bond acceptors (Lipinski definition) is 9. The number of rotatable bonds is 8. The van der Waals surface area contributed by atoms with E-state index in [0.29, 0.717) is 5.69 Å². The van der Waals surface area contributed by atoms with Gasteiger partial charge in [-0.1, -0.05) is 6.07 Å². The summed E-state index contributed by atoms with van der Waals surface area (Å²) in [6.07, 6.45) is 2.67. The number of nitro benzene ring substituents is 1. The van der Waals surface area contributed by atoms with Crippen LogP contribution in [0.3, 0.4) is 0 Å². The lowest BCUT2D eigenvalue weighted by Gasteiger charge is -2.31. The van der Waals surface area contributed by atoms with Crippen LogP contribution in [-0.2, 0) is 19.1 Å². The maximum atomic E-state index is 13.9. The Balaban J connectivity index is 2.29. The summed E-state index contributed by atoms with van der Waals surface area (Å²) in [5.41, 5.74) is -0.609. The number of halogens is 1. The first kappa shape index (κ1) is 25.2. The maximum Gasteiger partial charge on any atom is 0.336 e. The number of benzene rings is 2. The van der Waals surface area contributed by atoms with E-state index in [0.717, 1.165) is 6.07 Å². The van der Waals surface area contributed by atoms with Gasteiger partial charge in [-0.2, -0.15) is 0 Å². The standard InChI is InChI=1S/C24H23FN2O8/c1-4-34-23(29)17-12-26(16-8-6-7-15(25)11-16)13-18(24(30)35-5-2)21(17)14-9-19(27(31)32)22(28)20(10-14)33-3/h6-13,21,28H,4-5H2,1-3H3/p-1. The lowest BCUT2D eigenvalue weighted by Crippen LogP contribution is -2.29. The van der Waals surface area contributed by atoms with Crippen LogP contribution in [-0.4, -0.2) is 37.2 Å². The molecule has 0 aromatic heterocycles. The number of esters is 2. The summed E-state index contributed by atoms with van der Waals surface area (Å²) in [4.78, 5) is 38.0. The molecule has 0 unspecified atom stereocenters. The Morgan fingerprint density at radius 2 is 1.66 bits per heavy atom. The minimum atomic E-state index is -1.20. The fourth-order valence-corrected chi connectivity index (χ4v) is 3.63. The molecular weight excluding hydrogens is 463 g/mol. The molecule has 10 nitrogen and oxygen atoms in total. The summed E-state index contributed by atoms with van der Waals surface area (Å²) in [6.45, 7) is 3.18. The topological polar surface area (TPSA) is 131 Å². The van der Waals surface area contributed by atoms with Gasteiger partial charge in [-0.15, -0.1) is 0 Å². The van der Waals surface area contributed by atoms with E-state index in [1.807, 2.05) is 0 Å². The first-order valence-electron chi connectivity index (χ1n) is 10.6. The molecule has 0 amide bonds. The second-order valence-corrected chi connectivity index (χ2v) is 7.26. The predicted molar refractivity (Wildman–Crippen MR) is 120 cm³/mol. The quantitative estimate of drug-likeness (QED) is 0.314. The summed E-state index contributed by atoms with van der Waals surface area (Å²) in [5, 5.41) is 23.9. The Morgan fingerprint density at radius 3 is 2.14 bits per heavy atom. The van der Waals surface area contributed by atoms with Crippen molar-refractivity contribution in [1.82, 2.24) is 0 Å². The highest BCUT2D eigenvalue weighted by molar-refractivity contribution is 6.00. The monoisotopic (exact) mass is 485 g/mol. The molecule has 0 radical (unpaired) electrons. The van der Waals surface area contributed by atoms with Crippen LogP contribution in [0.1, 0.15) is 25.3 Å². The van der Waals surface area contributed by atoms with Crippen molar-refractivity contribution in [3.63, 3.8) is 0 Å². The summed E-state index contributed by atoms with van der Waals surface area (Å²) in [7, 11) is 1.17. The number of hydrogen-bond donors (Lipinski definition) is 0. The zero-order valence-electron chi connectivity index (χ0n) is 19.1. The number of ether oxygens (including phenoxy) is 3. The Labute approximate surface area is 200 Å². The molecule has 3 rings (SSSR count). The molecule has 2 aromatic rings. The van der Waals surface area contributed by atoms with E-state index in [-0.39, 0.29) is 35.7 Å². The molecule has 0 saturated heterocycles. The van der Waals surface area contributed by atoms with E-state index >= 15 is 0 Å². The molecule has 0 aliphatic carbocycles. The van der Waals surface area contributed by atoms with Crippen LogP contribution < -0.4 is 14.7 Å². The zero-order valence-corrected chi connectivity index (χ0v) is 19.1. The van der Waals surface area contributed by atoms with Crippen molar-refractivity contribution in [1.29, 1.82) is 0 Å². The van der Waals surface area contributed by atoms with Crippen molar-refractivity contribution in [3.8, 4) is 11.5 Å². The third-order valence-electron chi connectivity index (χ3n) is 5.11. The fourth-order valence-electron chi connectivity index (χ4n) is 3.63. The molecule has 0 fully saturated rings. The average molecular weight is 485 g/mol. The summed E-state index contributed by atoms with van der Waals surface area (Å²) in [6, 6.07) is 7.64. The van der Waals surface area contributed by atoms with Crippen molar-refractivity contribution < 1.29 is 38.2 Å². The lowest BCUT2D eigenvalue weighted by atomic mass is 9.82. The first-order valence-corrected chi connectivity index (χ1v) is 10.6. The second-order valence-electron chi connectivity index (χ2n) is 7.26. The SMILES string of the molecule is CCOC(=O)C1=CN(c2cccc(F)c2)C=C(C(=O)OCC)C1c1cc(OC)c([O-])c([N+](=O)[O-])c1. The van der Waals surface area contributed by atoms with Crippen LogP contribution in [0.2, 0.25) is 0 Å². The molecule has 2 aromatic carbocycles. The number of nitrogens with zero attached hydrogens (tertiary/aromatic N) is 2. The highest BCUT2D eigenvalue weighted by atomic mass is 19.1. The van der Waals surface area contributed by atoms with Gasteiger partial charge < -0.3 is 24.2 Å². The molecule has 0 N–H and O–H groups in total. The van der Waals surface area contributed by atoms with Crippen LogP contribution in [0.25, 0.3) is 0 Å². The molecule has 1 aliphatic heterocycles. The smallest absolute Gasteiger partial charge is 0.336 e. The van der Waals surface area contributed by atoms with E-state index in [4.69, 9.17) is 14.2 Å². The number of carbonyl (C=O) groups excluding carboxylic acids is 2. The van der Waals surface area contributed by atoms with E-state index in [9.17, 15) is 29.2 Å². The van der Waals surface area contributed by atoms with Crippen molar-refractivity contribution in [3.05, 3.63) is 81.4 Å². The molecule has 0 atom stereocenters. The molecule has 184 valence electrons. The Morgan fingerprint density at radius 1 is 1.06 bits per heavy atom. The molecule has 1 aliphatic rings. The van der Waals surface area contributed by atoms with Crippen molar-refractivity contribution in [2.45, 2.75) is 19.8 Å². The highest BCUT2D eigenvalue weighted by Gasteiger charge is 2.37. The number of methoxy groups -OCH3 is 1. The van der Waals surface area contributed by atoms with Crippen molar-refractivity contribution in [2.24, 2.45) is 0 Å². The highest BCUT2D eigenvalue weighted by Crippen LogP contribution is 2.43. The van der Waals surface area contributed by atoms with Gasteiger partial charge in [-0.3, -0.25) is 10.1 Å². The molecule has 35 heavy (non-hydrogen) atoms. The van der Waals surface area contributed by atoms with E-state index in [1.54, 1.807) is 19.9 Å². The summed E-state index contributed by atoms with van der Waals surface area (Å²) < 4.78 is 29.3. The van der Waals surface area contributed by atoms with Crippen molar-refractivity contribution >= 4 is 23.3 Å². The normalized spacial score (nSPS) is 13.5. The minimum Gasteiger partial charge on any atom is -0.865 e. The number of anilines is 1. The molecule has 11 heteroatoms. The van der Waals surface area contributed by atoms with Gasteiger partial charge in [0.15, 0.2) is 0 Å². The third-order valence-corrected chi connectivity index (χ3v) is 5.11. The van der Waals surface area contributed by atoms with Gasteiger partial charge in [0.05, 0.1) is 42.3 Å². The minimum absolute atomic E-state index is 0.00425. The van der Waals surface area contributed by atoms with Gasteiger partial charge in [0.25, 0.3) is 5.69 Å². The van der Waals surface area contributed by atoms with Gasteiger partial charge in [0.1, 0.15) is 11.6 Å². The predicted octanol–water partition coefficient (Wildman–Crippen LogP) is 3.31. The van der Waals surface area contributed by atoms with Crippen LogP contribution in [0.15, 0.2) is 59.9 Å². The van der Waals surface area contributed by atoms with Crippen LogP contribution in [0.5, 0.6) is 11.5 Å². The van der Waals surface area contributed by atoms with Crippen LogP contribution in [0.4, 0.5) is 15.8 Å². The average Bonchev–Trinajstić information content (AvgIpc) is 2.83. The Bertz CT molecular complexity index is 1190.